The largest absolute Gasteiger partial charge is 0.360 e. The highest BCUT2D eigenvalue weighted by Crippen LogP contribution is 2.19. The average Bonchev–Trinajstić information content (AvgIpc) is 2.87. The van der Waals surface area contributed by atoms with Gasteiger partial charge in [-0.15, -0.1) is 5.10 Å². The normalized spacial score (nSPS) is 15.8. The van der Waals surface area contributed by atoms with Crippen LogP contribution in [0.25, 0.3) is 0 Å². The highest BCUT2D eigenvalue weighted by Gasteiger charge is 2.18. The van der Waals surface area contributed by atoms with Crippen LogP contribution in [-0.4, -0.2) is 33.7 Å². The van der Waals surface area contributed by atoms with Crippen molar-refractivity contribution in [2.24, 2.45) is 0 Å². The zero-order valence-electron chi connectivity index (χ0n) is 10.7. The quantitative estimate of drug-likeness (QED) is 0.734. The molecular formula is C11H17N5OS2. The summed E-state index contributed by atoms with van der Waals surface area (Å²) in [5.41, 5.74) is 0.278. The van der Waals surface area contributed by atoms with Crippen LogP contribution in [0.1, 0.15) is 42.6 Å². The minimum atomic E-state index is -0.267. The van der Waals surface area contributed by atoms with E-state index in [1.165, 1.54) is 19.3 Å². The van der Waals surface area contributed by atoms with Crippen LogP contribution in [0.5, 0.6) is 0 Å². The maximum absolute atomic E-state index is 11.6. The Kier molecular flexibility index (Phi) is 5.03. The maximum Gasteiger partial charge on any atom is 0.274 e. The first-order valence-electron chi connectivity index (χ1n) is 6.32. The Labute approximate surface area is 121 Å². The third-order valence-electron chi connectivity index (χ3n) is 3.10. The van der Waals surface area contributed by atoms with Crippen LogP contribution in [0.4, 0.5) is 5.00 Å². The summed E-state index contributed by atoms with van der Waals surface area (Å²) in [5.74, 6) is -0.267. The molecule has 1 aliphatic carbocycles. The van der Waals surface area contributed by atoms with Crippen LogP contribution in [-0.2, 0) is 0 Å². The molecule has 0 spiro atoms. The van der Waals surface area contributed by atoms with E-state index in [2.05, 4.69) is 25.5 Å². The van der Waals surface area contributed by atoms with Crippen molar-refractivity contribution in [1.29, 1.82) is 0 Å². The third-order valence-corrected chi connectivity index (χ3v) is 3.96. The molecule has 1 fully saturated rings. The fourth-order valence-corrected chi connectivity index (χ4v) is 3.02. The number of hydrogen-bond acceptors (Lipinski definition) is 5. The lowest BCUT2D eigenvalue weighted by molar-refractivity contribution is 0.0959. The molecule has 0 bridgehead atoms. The molecule has 3 N–H and O–H groups in total. The van der Waals surface area contributed by atoms with E-state index >= 15 is 0 Å². The molecule has 0 unspecified atom stereocenters. The van der Waals surface area contributed by atoms with Crippen molar-refractivity contribution in [2.45, 2.75) is 38.1 Å². The number of amides is 1. The van der Waals surface area contributed by atoms with E-state index in [0.29, 0.717) is 16.2 Å². The minimum absolute atomic E-state index is 0.267. The van der Waals surface area contributed by atoms with Gasteiger partial charge in [0.15, 0.2) is 10.8 Å². The van der Waals surface area contributed by atoms with Gasteiger partial charge in [0.1, 0.15) is 5.00 Å². The van der Waals surface area contributed by atoms with Crippen molar-refractivity contribution in [3.63, 3.8) is 0 Å². The number of rotatable bonds is 3. The van der Waals surface area contributed by atoms with Crippen LogP contribution in [0.15, 0.2) is 0 Å². The van der Waals surface area contributed by atoms with Crippen LogP contribution in [0.2, 0.25) is 0 Å². The van der Waals surface area contributed by atoms with E-state index in [0.717, 1.165) is 24.4 Å². The molecule has 2 rings (SSSR count). The number of hydrogen-bond donors (Lipinski definition) is 3. The van der Waals surface area contributed by atoms with Crippen molar-refractivity contribution in [3.05, 3.63) is 5.69 Å². The van der Waals surface area contributed by atoms with Gasteiger partial charge in [-0.3, -0.25) is 4.79 Å². The van der Waals surface area contributed by atoms with Crippen LogP contribution in [0.3, 0.4) is 0 Å². The van der Waals surface area contributed by atoms with Gasteiger partial charge in [0.2, 0.25) is 0 Å². The fraction of sp³-hybridized carbons (Fsp3) is 0.636. The summed E-state index contributed by atoms with van der Waals surface area (Å²) in [5, 5.41) is 13.7. The minimum Gasteiger partial charge on any atom is -0.360 e. The number of nitrogens with zero attached hydrogens (tertiary/aromatic N) is 2. The molecule has 104 valence electrons. The predicted octanol–water partition coefficient (Wildman–Crippen LogP) is 1.52. The zero-order chi connectivity index (χ0) is 13.7. The third kappa shape index (κ3) is 3.84. The highest BCUT2D eigenvalue weighted by atomic mass is 32.1. The van der Waals surface area contributed by atoms with Crippen molar-refractivity contribution in [2.75, 3.05) is 12.4 Å². The molecule has 0 aromatic carbocycles. The summed E-state index contributed by atoms with van der Waals surface area (Å²) >= 11 is 6.39. The molecule has 0 atom stereocenters. The molecule has 1 aromatic rings. The van der Waals surface area contributed by atoms with E-state index < -0.39 is 0 Å². The maximum atomic E-state index is 11.6. The Morgan fingerprint density at radius 1 is 1.37 bits per heavy atom. The molecular weight excluding hydrogens is 282 g/mol. The van der Waals surface area contributed by atoms with Gasteiger partial charge in [0.25, 0.3) is 5.91 Å². The summed E-state index contributed by atoms with van der Waals surface area (Å²) in [6, 6.07) is 0.429. The standard InChI is InChI=1S/C11H17N5OS2/c1-12-9(17)8-10(19-16-15-8)14-11(18)13-7-5-3-2-4-6-7/h7H,2-6H2,1H3,(H,12,17)(H2,13,14,18). The number of carbonyl (C=O) groups excluding carboxylic acids is 1. The van der Waals surface area contributed by atoms with Gasteiger partial charge in [0, 0.05) is 24.6 Å². The Morgan fingerprint density at radius 2 is 2.11 bits per heavy atom. The van der Waals surface area contributed by atoms with E-state index in [1.54, 1.807) is 7.05 Å². The summed E-state index contributed by atoms with van der Waals surface area (Å²) in [6.07, 6.45) is 6.08. The first-order chi connectivity index (χ1) is 9.20. The average molecular weight is 299 g/mol. The van der Waals surface area contributed by atoms with E-state index in [-0.39, 0.29) is 11.6 Å². The van der Waals surface area contributed by atoms with Crippen LogP contribution < -0.4 is 16.0 Å². The van der Waals surface area contributed by atoms with Crippen LogP contribution >= 0.6 is 23.8 Å². The van der Waals surface area contributed by atoms with Gasteiger partial charge in [0.05, 0.1) is 0 Å². The summed E-state index contributed by atoms with van der Waals surface area (Å²) in [7, 11) is 1.56. The fourth-order valence-electron chi connectivity index (χ4n) is 2.11. The monoisotopic (exact) mass is 299 g/mol. The number of thiocarbonyl (C=S) groups is 1. The molecule has 6 nitrogen and oxygen atoms in total. The van der Waals surface area contributed by atoms with Gasteiger partial charge in [-0.25, -0.2) is 0 Å². The number of aromatic nitrogens is 2. The summed E-state index contributed by atoms with van der Waals surface area (Å²) in [4.78, 5) is 11.6. The Morgan fingerprint density at radius 3 is 2.79 bits per heavy atom. The highest BCUT2D eigenvalue weighted by molar-refractivity contribution is 7.80. The van der Waals surface area contributed by atoms with Gasteiger partial charge in [-0.1, -0.05) is 23.8 Å². The lowest BCUT2D eigenvalue weighted by Gasteiger charge is -2.24. The zero-order valence-corrected chi connectivity index (χ0v) is 12.4. The van der Waals surface area contributed by atoms with Gasteiger partial charge < -0.3 is 16.0 Å². The summed E-state index contributed by atoms with van der Waals surface area (Å²) < 4.78 is 3.77. The van der Waals surface area contributed by atoms with Gasteiger partial charge in [-0.05, 0) is 25.1 Å². The van der Waals surface area contributed by atoms with E-state index in [1.807, 2.05) is 0 Å². The number of nitrogens with one attached hydrogen (secondary N) is 3. The van der Waals surface area contributed by atoms with Crippen LogP contribution in [0, 0.1) is 0 Å². The Balaban J connectivity index is 1.91. The second-order valence-corrected chi connectivity index (χ2v) is 5.63. The second-order valence-electron chi connectivity index (χ2n) is 4.46. The predicted molar refractivity (Wildman–Crippen MR) is 79.5 cm³/mol. The molecule has 1 saturated carbocycles. The molecule has 0 radical (unpaired) electrons. The first-order valence-corrected chi connectivity index (χ1v) is 7.51. The molecule has 0 saturated heterocycles. The molecule has 1 amide bonds. The van der Waals surface area contributed by atoms with Crippen molar-refractivity contribution in [3.8, 4) is 0 Å². The van der Waals surface area contributed by atoms with E-state index in [9.17, 15) is 4.79 Å². The Hall–Kier alpha value is -1.28. The molecule has 19 heavy (non-hydrogen) atoms. The van der Waals surface area contributed by atoms with E-state index in [4.69, 9.17) is 12.2 Å². The molecule has 1 aromatic heterocycles. The first kappa shape index (κ1) is 14.1. The number of anilines is 1. The number of carbonyl (C=O) groups is 1. The molecule has 0 aliphatic heterocycles. The smallest absolute Gasteiger partial charge is 0.274 e. The second kappa shape index (κ2) is 6.76. The van der Waals surface area contributed by atoms with Crippen molar-refractivity contribution in [1.82, 2.24) is 20.2 Å². The SMILES string of the molecule is CNC(=O)c1nnsc1NC(=S)NC1CCCCC1. The molecule has 1 heterocycles. The Bertz CT molecular complexity index is 456. The molecule has 1 aliphatic rings. The van der Waals surface area contributed by atoms with Gasteiger partial charge >= 0.3 is 0 Å². The lowest BCUT2D eigenvalue weighted by atomic mass is 9.96. The van der Waals surface area contributed by atoms with Gasteiger partial charge in [-0.2, -0.15) is 0 Å². The van der Waals surface area contributed by atoms with Crippen molar-refractivity contribution < 1.29 is 4.79 Å². The summed E-state index contributed by atoms with van der Waals surface area (Å²) in [6.45, 7) is 0. The molecule has 8 heteroatoms. The lowest BCUT2D eigenvalue weighted by Crippen LogP contribution is -2.39. The topological polar surface area (TPSA) is 78.9 Å². The van der Waals surface area contributed by atoms with Crippen molar-refractivity contribution >= 4 is 39.8 Å².